The molecule has 0 bridgehead atoms. The molecule has 4 rings (SSSR count). The Bertz CT molecular complexity index is 1730. The fourth-order valence-electron chi connectivity index (χ4n) is 6.16. The molecule has 2 unspecified atom stereocenters. The third-order valence-corrected chi connectivity index (χ3v) is 8.51. The molecule has 292 valence electrons. The maximum atomic E-state index is 14.4. The molecule has 0 saturated heterocycles. The molecule has 2 atom stereocenters. The van der Waals surface area contributed by atoms with Crippen molar-refractivity contribution in [2.75, 3.05) is 58.1 Å². The van der Waals surface area contributed by atoms with Crippen LogP contribution in [-0.4, -0.2) is 96.8 Å². The minimum absolute atomic E-state index is 0.122. The van der Waals surface area contributed by atoms with Crippen molar-refractivity contribution in [3.05, 3.63) is 95.9 Å². The smallest absolute Gasteiger partial charge is 0.305 e. The number of carbonyl (C=O) groups is 2. The number of nitrogens with two attached hydrogens (primary N) is 1. The third-order valence-electron chi connectivity index (χ3n) is 8.51. The molecule has 0 saturated carbocycles. The molecular formula is C41H52FN3O9. The minimum atomic E-state index is -1.21. The first-order chi connectivity index (χ1) is 26.1. The number of aliphatic hydroxyl groups excluding tert-OH is 2. The number of benzene rings is 3. The molecule has 4 aromatic rings. The number of aliphatic hydroxyl groups is 2. The lowest BCUT2D eigenvalue weighted by Gasteiger charge is -2.20. The maximum absolute atomic E-state index is 14.4. The van der Waals surface area contributed by atoms with E-state index in [0.717, 1.165) is 5.56 Å². The number of amides is 1. The third kappa shape index (κ3) is 12.8. The second-order valence-electron chi connectivity index (χ2n) is 13.0. The van der Waals surface area contributed by atoms with Crippen molar-refractivity contribution < 1.29 is 48.2 Å². The van der Waals surface area contributed by atoms with E-state index in [1.54, 1.807) is 36.4 Å². The van der Waals surface area contributed by atoms with Gasteiger partial charge in [-0.2, -0.15) is 0 Å². The number of nitrogens with one attached hydrogen (secondary N) is 1. The number of hydrogen-bond acceptors (Lipinski definition) is 9. The number of rotatable bonds is 24. The highest BCUT2D eigenvalue weighted by Gasteiger charge is 2.31. The van der Waals surface area contributed by atoms with E-state index >= 15 is 0 Å². The second kappa shape index (κ2) is 21.9. The summed E-state index contributed by atoms with van der Waals surface area (Å²) in [6.45, 7) is 7.71. The predicted molar refractivity (Wildman–Crippen MR) is 204 cm³/mol. The normalized spacial score (nSPS) is 12.5. The fraction of sp³-hybridized carbons (Fsp3) is 0.415. The van der Waals surface area contributed by atoms with Gasteiger partial charge < -0.3 is 49.9 Å². The number of halogens is 1. The van der Waals surface area contributed by atoms with Crippen molar-refractivity contribution in [3.8, 4) is 28.1 Å². The van der Waals surface area contributed by atoms with Crippen LogP contribution >= 0.6 is 0 Å². The molecule has 1 amide bonds. The van der Waals surface area contributed by atoms with E-state index in [2.05, 4.69) is 5.32 Å². The van der Waals surface area contributed by atoms with Crippen LogP contribution in [0.5, 0.6) is 5.75 Å². The zero-order valence-corrected chi connectivity index (χ0v) is 30.9. The quantitative estimate of drug-likeness (QED) is 0.0559. The molecule has 0 radical (unpaired) electrons. The summed E-state index contributed by atoms with van der Waals surface area (Å²) >= 11 is 0. The lowest BCUT2D eigenvalue weighted by molar-refractivity contribution is -0.139. The van der Waals surface area contributed by atoms with Gasteiger partial charge in [0.2, 0.25) is 0 Å². The molecule has 3 aromatic carbocycles. The van der Waals surface area contributed by atoms with E-state index in [1.807, 2.05) is 48.7 Å². The van der Waals surface area contributed by atoms with Crippen LogP contribution in [0.15, 0.2) is 78.9 Å². The number of carboxylic acid groups (broad SMARTS) is 1. The highest BCUT2D eigenvalue weighted by atomic mass is 19.1. The maximum Gasteiger partial charge on any atom is 0.305 e. The Balaban J connectivity index is 1.56. The summed E-state index contributed by atoms with van der Waals surface area (Å²) in [5, 5.41) is 33.1. The first kappa shape index (κ1) is 42.1. The summed E-state index contributed by atoms with van der Waals surface area (Å²) in [7, 11) is 0. The number of ether oxygens (including phenoxy) is 4. The highest BCUT2D eigenvalue weighted by Crippen LogP contribution is 2.42. The molecule has 13 heteroatoms. The van der Waals surface area contributed by atoms with Gasteiger partial charge in [-0.1, -0.05) is 44.2 Å². The van der Waals surface area contributed by atoms with Gasteiger partial charge in [0, 0.05) is 30.0 Å². The van der Waals surface area contributed by atoms with Crippen molar-refractivity contribution in [1.29, 1.82) is 0 Å². The van der Waals surface area contributed by atoms with Crippen molar-refractivity contribution in [2.45, 2.75) is 57.8 Å². The Morgan fingerprint density at radius 1 is 0.796 bits per heavy atom. The van der Waals surface area contributed by atoms with E-state index in [0.29, 0.717) is 92.3 Å². The lowest BCUT2D eigenvalue weighted by Crippen LogP contribution is -2.22. The highest BCUT2D eigenvalue weighted by molar-refractivity contribution is 6.12. The van der Waals surface area contributed by atoms with E-state index in [4.69, 9.17) is 29.8 Å². The topological polar surface area (TPSA) is 175 Å². The molecule has 0 aliphatic carbocycles. The van der Waals surface area contributed by atoms with Crippen LogP contribution in [0.25, 0.3) is 22.4 Å². The molecule has 0 aliphatic heterocycles. The number of aliphatic carboxylic acids is 1. The largest absolute Gasteiger partial charge is 0.491 e. The van der Waals surface area contributed by atoms with Crippen molar-refractivity contribution in [3.63, 3.8) is 0 Å². The van der Waals surface area contributed by atoms with Crippen LogP contribution < -0.4 is 15.8 Å². The Hall–Kier alpha value is -4.63. The van der Waals surface area contributed by atoms with Gasteiger partial charge >= 0.3 is 5.97 Å². The number of carboxylic acids is 1. The summed E-state index contributed by atoms with van der Waals surface area (Å²) in [5.74, 6) is -1.48. The molecule has 0 spiro atoms. The standard InChI is InChI=1S/C41H52FN3O9/c1-28(2)39-38(41(50)44-32-12-14-35(15-13-32)54-25-24-53-23-22-52-21-20-51-19-17-43)37(29-6-4-3-5-7-29)40(30-8-10-31(42)11-9-30)45(39)18-16-33(46)26-34(47)27-36(48)49/h3-15,28,33-34,46-47H,16-27,43H2,1-2H3,(H,44,50)(H,48,49). The van der Waals surface area contributed by atoms with Gasteiger partial charge in [0.1, 0.15) is 18.2 Å². The van der Waals surface area contributed by atoms with Crippen molar-refractivity contribution in [1.82, 2.24) is 4.57 Å². The van der Waals surface area contributed by atoms with Crippen LogP contribution in [0.3, 0.4) is 0 Å². The molecule has 1 heterocycles. The van der Waals surface area contributed by atoms with E-state index in [1.165, 1.54) is 12.1 Å². The first-order valence-corrected chi connectivity index (χ1v) is 18.2. The van der Waals surface area contributed by atoms with E-state index in [-0.39, 0.29) is 31.2 Å². The Kier molecular flexibility index (Phi) is 17.1. The SMILES string of the molecule is CC(C)c1c(C(=O)Nc2ccc(OCCOCCOCCOCCN)cc2)c(-c2ccccc2)c(-c2ccc(F)cc2)n1CCC(O)CC(O)CC(=O)O. The summed E-state index contributed by atoms with van der Waals surface area (Å²) in [4.78, 5) is 25.5. The minimum Gasteiger partial charge on any atom is -0.491 e. The Morgan fingerprint density at radius 2 is 1.41 bits per heavy atom. The first-order valence-electron chi connectivity index (χ1n) is 18.2. The second-order valence-corrected chi connectivity index (χ2v) is 13.0. The number of carbonyl (C=O) groups excluding carboxylic acids is 1. The molecule has 0 fully saturated rings. The Labute approximate surface area is 315 Å². The van der Waals surface area contributed by atoms with E-state index in [9.17, 15) is 24.2 Å². The average Bonchev–Trinajstić information content (AvgIpc) is 3.49. The summed E-state index contributed by atoms with van der Waals surface area (Å²) in [6.07, 6.45) is -2.66. The predicted octanol–water partition coefficient (Wildman–Crippen LogP) is 5.70. The fourth-order valence-corrected chi connectivity index (χ4v) is 6.16. The van der Waals surface area contributed by atoms with E-state index < -0.39 is 30.4 Å². The summed E-state index contributed by atoms with van der Waals surface area (Å²) in [5.41, 5.74) is 9.82. The Morgan fingerprint density at radius 3 is 2.00 bits per heavy atom. The number of hydrogen-bond donors (Lipinski definition) is 5. The zero-order valence-electron chi connectivity index (χ0n) is 30.9. The van der Waals surface area contributed by atoms with Crippen LogP contribution in [0.2, 0.25) is 0 Å². The van der Waals surface area contributed by atoms with Crippen LogP contribution in [0.1, 0.15) is 55.1 Å². The molecular weight excluding hydrogens is 697 g/mol. The molecule has 6 N–H and O–H groups in total. The average molecular weight is 750 g/mol. The number of anilines is 1. The molecule has 54 heavy (non-hydrogen) atoms. The lowest BCUT2D eigenvalue weighted by atomic mass is 9.94. The van der Waals surface area contributed by atoms with Crippen LogP contribution in [0.4, 0.5) is 10.1 Å². The summed E-state index contributed by atoms with van der Waals surface area (Å²) < 4.78 is 38.2. The van der Waals surface area contributed by atoms with Gasteiger partial charge in [-0.3, -0.25) is 9.59 Å². The van der Waals surface area contributed by atoms with Crippen LogP contribution in [0, 0.1) is 5.82 Å². The van der Waals surface area contributed by atoms with Gasteiger partial charge in [-0.05, 0) is 78.4 Å². The van der Waals surface area contributed by atoms with Gasteiger partial charge in [0.15, 0.2) is 0 Å². The van der Waals surface area contributed by atoms with Crippen molar-refractivity contribution in [2.24, 2.45) is 5.73 Å². The monoisotopic (exact) mass is 749 g/mol. The zero-order chi connectivity index (χ0) is 38.9. The van der Waals surface area contributed by atoms with Gasteiger partial charge in [0.25, 0.3) is 5.91 Å². The van der Waals surface area contributed by atoms with Crippen LogP contribution in [-0.2, 0) is 25.5 Å². The van der Waals surface area contributed by atoms with Gasteiger partial charge in [0.05, 0.1) is 69.5 Å². The van der Waals surface area contributed by atoms with Crippen molar-refractivity contribution >= 4 is 17.6 Å². The summed E-state index contributed by atoms with van der Waals surface area (Å²) in [6, 6.07) is 22.5. The molecule has 12 nitrogen and oxygen atoms in total. The number of aromatic nitrogens is 1. The van der Waals surface area contributed by atoms with Gasteiger partial charge in [-0.15, -0.1) is 0 Å². The number of nitrogens with zero attached hydrogens (tertiary/aromatic N) is 1. The van der Waals surface area contributed by atoms with Gasteiger partial charge in [-0.25, -0.2) is 4.39 Å². The molecule has 1 aromatic heterocycles. The molecule has 0 aliphatic rings.